The zero-order valence-electron chi connectivity index (χ0n) is 10.3. The van der Waals surface area contributed by atoms with Gasteiger partial charge in [0, 0.05) is 3.57 Å². The van der Waals surface area contributed by atoms with Crippen LogP contribution in [0.25, 0.3) is 0 Å². The van der Waals surface area contributed by atoms with Crippen LogP contribution in [0.1, 0.15) is 15.4 Å². The van der Waals surface area contributed by atoms with Gasteiger partial charge in [-0.2, -0.15) is 13.2 Å². The van der Waals surface area contributed by atoms with Crippen molar-refractivity contribution in [2.75, 3.05) is 10.8 Å². The molecule has 0 spiro atoms. The summed E-state index contributed by atoms with van der Waals surface area (Å²) in [5.74, 6) is -0.670. The second kappa shape index (κ2) is 6.72. The molecule has 1 heterocycles. The van der Waals surface area contributed by atoms with Gasteiger partial charge in [-0.3, -0.25) is 10.1 Å². The summed E-state index contributed by atoms with van der Waals surface area (Å²) >= 11 is 2.10. The largest absolute Gasteiger partial charge is 0.445 e. The second-order valence-electron chi connectivity index (χ2n) is 3.75. The molecule has 2 aromatic rings. The summed E-state index contributed by atoms with van der Waals surface area (Å²) in [7, 11) is 0. The molecule has 0 aliphatic carbocycles. The number of alkyl halides is 3. The summed E-state index contributed by atoms with van der Waals surface area (Å²) in [5.41, 5.74) is 2.55. The Morgan fingerprint density at radius 3 is 2.68 bits per heavy atom. The van der Waals surface area contributed by atoms with Gasteiger partial charge in [0.15, 0.2) is 0 Å². The minimum Gasteiger partial charge on any atom is -0.296 e. The lowest BCUT2D eigenvalue weighted by atomic mass is 10.2. The fraction of sp³-hybridized carbons (Fsp3) is 0.100. The molecule has 118 valence electrons. The number of nitrogens with zero attached hydrogens (tertiary/aromatic N) is 2. The Kier molecular flexibility index (Phi) is 5.15. The topological polar surface area (TPSA) is 96.4 Å². The maximum absolute atomic E-state index is 12.4. The predicted octanol–water partition coefficient (Wildman–Crippen LogP) is 3.23. The van der Waals surface area contributed by atoms with Crippen LogP contribution in [0.15, 0.2) is 18.2 Å². The van der Waals surface area contributed by atoms with E-state index in [0.29, 0.717) is 3.57 Å². The van der Waals surface area contributed by atoms with E-state index >= 15 is 0 Å². The first-order valence-electron chi connectivity index (χ1n) is 5.39. The van der Waals surface area contributed by atoms with E-state index in [1.54, 1.807) is 6.07 Å². The highest BCUT2D eigenvalue weighted by molar-refractivity contribution is 14.1. The lowest BCUT2D eigenvalue weighted by Gasteiger charge is -2.07. The monoisotopic (exact) mass is 446 g/mol. The van der Waals surface area contributed by atoms with Gasteiger partial charge in [-0.1, -0.05) is 11.3 Å². The number of anilines is 2. The quantitative estimate of drug-likeness (QED) is 0.379. The molecule has 0 atom stereocenters. The van der Waals surface area contributed by atoms with Crippen LogP contribution < -0.4 is 10.8 Å². The Labute approximate surface area is 138 Å². The maximum atomic E-state index is 12.4. The average Bonchev–Trinajstić information content (AvgIpc) is 2.89. The van der Waals surface area contributed by atoms with Crippen LogP contribution >= 0.6 is 33.9 Å². The van der Waals surface area contributed by atoms with Crippen molar-refractivity contribution in [2.24, 2.45) is 0 Å². The van der Waals surface area contributed by atoms with Crippen molar-refractivity contribution in [1.82, 2.24) is 10.2 Å². The average molecular weight is 446 g/mol. The van der Waals surface area contributed by atoms with Gasteiger partial charge in [-0.15, -0.1) is 15.2 Å². The molecule has 0 saturated heterocycles. The van der Waals surface area contributed by atoms with Crippen LogP contribution in [0.5, 0.6) is 0 Å². The van der Waals surface area contributed by atoms with Gasteiger partial charge >= 0.3 is 6.18 Å². The van der Waals surface area contributed by atoms with E-state index in [0.717, 1.165) is 0 Å². The maximum Gasteiger partial charge on any atom is 0.445 e. The first-order chi connectivity index (χ1) is 10.3. The highest BCUT2D eigenvalue weighted by Crippen LogP contribution is 2.33. The molecule has 2 rings (SSSR count). The Bertz CT molecular complexity index is 694. The van der Waals surface area contributed by atoms with Crippen molar-refractivity contribution in [2.45, 2.75) is 6.18 Å². The van der Waals surface area contributed by atoms with E-state index in [4.69, 9.17) is 5.26 Å². The molecule has 0 fully saturated rings. The number of hydrogen-bond acceptors (Lipinski definition) is 7. The lowest BCUT2D eigenvalue weighted by molar-refractivity contribution is -0.215. The number of aromatic nitrogens is 2. The molecule has 0 radical (unpaired) electrons. The van der Waals surface area contributed by atoms with Crippen LogP contribution in [-0.2, 0) is 11.2 Å². The van der Waals surface area contributed by atoms with E-state index in [1.165, 1.54) is 12.1 Å². The van der Waals surface area contributed by atoms with E-state index in [9.17, 15) is 18.0 Å². The summed E-state index contributed by atoms with van der Waals surface area (Å²) in [5, 5.41) is 15.3. The van der Waals surface area contributed by atoms with Gasteiger partial charge in [-0.25, -0.2) is 10.7 Å². The fourth-order valence-electron chi connectivity index (χ4n) is 1.37. The minimum absolute atomic E-state index is 0.159. The van der Waals surface area contributed by atoms with Gasteiger partial charge in [-0.05, 0) is 40.8 Å². The van der Waals surface area contributed by atoms with Crippen LogP contribution in [0.2, 0.25) is 0 Å². The first kappa shape index (κ1) is 16.9. The molecule has 0 bridgehead atoms. The Morgan fingerprint density at radius 2 is 2.09 bits per heavy atom. The molecule has 0 aliphatic heterocycles. The highest BCUT2D eigenvalue weighted by Gasteiger charge is 2.35. The number of halogens is 4. The molecule has 22 heavy (non-hydrogen) atoms. The number of hydrogen-bond donors (Lipinski definition) is 3. The Hall–Kier alpha value is -1.51. The third-order valence-electron chi connectivity index (χ3n) is 2.26. The van der Waals surface area contributed by atoms with Gasteiger partial charge in [0.1, 0.15) is 0 Å². The number of carbonyl (C=O) groups excluding carboxylic acids is 1. The third kappa shape index (κ3) is 4.02. The number of benzene rings is 1. The summed E-state index contributed by atoms with van der Waals surface area (Å²) in [4.78, 5) is 15.8. The molecule has 1 aromatic carbocycles. The zero-order chi connectivity index (χ0) is 16.3. The Balaban J connectivity index is 2.18. The fourth-order valence-corrected chi connectivity index (χ4v) is 2.55. The lowest BCUT2D eigenvalue weighted by Crippen LogP contribution is -2.14. The smallest absolute Gasteiger partial charge is 0.296 e. The highest BCUT2D eigenvalue weighted by atomic mass is 127. The van der Waals surface area contributed by atoms with E-state index in [2.05, 4.69) is 26.0 Å². The number of carbonyl (C=O) groups is 1. The summed E-state index contributed by atoms with van der Waals surface area (Å²) in [6.07, 6.45) is -4.61. The normalized spacial score (nSPS) is 11.3. The molecule has 7 nitrogen and oxygen atoms in total. The van der Waals surface area contributed by atoms with Gasteiger partial charge in [0.25, 0.3) is 5.91 Å². The molecular weight excluding hydrogens is 440 g/mol. The summed E-state index contributed by atoms with van der Waals surface area (Å²) in [6, 6.07) is 4.43. The second-order valence-corrected chi connectivity index (χ2v) is 5.89. The van der Waals surface area contributed by atoms with Crippen molar-refractivity contribution in [1.29, 1.82) is 0 Å². The number of nitrogens with one attached hydrogen (secondary N) is 2. The van der Waals surface area contributed by atoms with Crippen molar-refractivity contribution in [3.05, 3.63) is 32.3 Å². The number of rotatable bonds is 4. The van der Waals surface area contributed by atoms with Gasteiger partial charge in [0.05, 0.1) is 11.3 Å². The van der Waals surface area contributed by atoms with Crippen LogP contribution in [0.4, 0.5) is 24.0 Å². The van der Waals surface area contributed by atoms with Crippen LogP contribution in [0, 0.1) is 3.57 Å². The number of amides is 1. The van der Waals surface area contributed by atoms with Crippen LogP contribution in [0.3, 0.4) is 0 Å². The third-order valence-corrected chi connectivity index (χ3v) is 4.09. The molecule has 0 aliphatic rings. The van der Waals surface area contributed by atoms with Crippen molar-refractivity contribution in [3.8, 4) is 0 Å². The molecular formula is C10H6F3IN4O3S. The minimum atomic E-state index is -4.61. The van der Waals surface area contributed by atoms with Crippen LogP contribution in [-0.4, -0.2) is 21.4 Å². The molecule has 1 amide bonds. The summed E-state index contributed by atoms with van der Waals surface area (Å²) < 4.78 is 37.8. The SMILES string of the molecule is O=C(Nc1nnc(C(F)(F)F)s1)c1cc(NOO)ccc1I. The molecule has 0 saturated carbocycles. The summed E-state index contributed by atoms with van der Waals surface area (Å²) in [6.45, 7) is 0. The van der Waals surface area contributed by atoms with E-state index < -0.39 is 17.1 Å². The standard InChI is InChI=1S/C10H6F3IN4O3S/c11-10(12,13)8-16-17-9(22-8)15-7(19)5-3-4(18-21-20)1-2-6(5)14/h1-3,18,20H,(H,15,17,19). The molecule has 12 heteroatoms. The van der Waals surface area contributed by atoms with Gasteiger partial charge < -0.3 is 0 Å². The van der Waals surface area contributed by atoms with Crippen molar-refractivity contribution >= 4 is 50.7 Å². The Morgan fingerprint density at radius 1 is 1.36 bits per heavy atom. The molecule has 3 N–H and O–H groups in total. The molecule has 0 unspecified atom stereocenters. The van der Waals surface area contributed by atoms with Crippen molar-refractivity contribution < 1.29 is 28.2 Å². The van der Waals surface area contributed by atoms with E-state index in [-0.39, 0.29) is 27.7 Å². The first-order valence-corrected chi connectivity index (χ1v) is 7.29. The zero-order valence-corrected chi connectivity index (χ0v) is 13.3. The van der Waals surface area contributed by atoms with Crippen molar-refractivity contribution in [3.63, 3.8) is 0 Å². The molecule has 1 aromatic heterocycles. The van der Waals surface area contributed by atoms with E-state index in [1.807, 2.05) is 22.6 Å². The van der Waals surface area contributed by atoms with Gasteiger partial charge in [0.2, 0.25) is 10.1 Å². The predicted molar refractivity (Wildman–Crippen MR) is 79.4 cm³/mol.